The van der Waals surface area contributed by atoms with Crippen molar-refractivity contribution < 1.29 is 4.39 Å². The van der Waals surface area contributed by atoms with Gasteiger partial charge in [0, 0.05) is 23.6 Å². The average Bonchev–Trinajstić information content (AvgIpc) is 2.89. The number of hydrogen-bond acceptors (Lipinski definition) is 3. The number of anilines is 1. The molecule has 0 radical (unpaired) electrons. The molecule has 0 bridgehead atoms. The van der Waals surface area contributed by atoms with Crippen molar-refractivity contribution in [2.75, 3.05) is 5.73 Å². The van der Waals surface area contributed by atoms with Gasteiger partial charge in [0.15, 0.2) is 0 Å². The monoisotopic (exact) mass is 254 g/mol. The molecule has 0 amide bonds. The Kier molecular flexibility index (Phi) is 2.72. The third-order valence-electron chi connectivity index (χ3n) is 2.74. The number of aromatic nitrogens is 3. The molecule has 0 spiro atoms. The summed E-state index contributed by atoms with van der Waals surface area (Å²) < 4.78 is 14.7. The van der Waals surface area contributed by atoms with Gasteiger partial charge >= 0.3 is 0 Å². The predicted molar refractivity (Wildman–Crippen MR) is 71.2 cm³/mol. The van der Waals surface area contributed by atoms with Gasteiger partial charge in [-0.25, -0.2) is 14.4 Å². The first kappa shape index (κ1) is 11.4. The molecule has 0 saturated heterocycles. The van der Waals surface area contributed by atoms with Crippen molar-refractivity contribution in [1.82, 2.24) is 14.5 Å². The maximum absolute atomic E-state index is 12.9. The Morgan fingerprint density at radius 3 is 2.74 bits per heavy atom. The molecular weight excluding hydrogens is 243 g/mol. The van der Waals surface area contributed by atoms with E-state index in [1.54, 1.807) is 23.0 Å². The molecule has 1 aromatic carbocycles. The highest BCUT2D eigenvalue weighted by Crippen LogP contribution is 2.22. The second-order valence-corrected chi connectivity index (χ2v) is 4.08. The van der Waals surface area contributed by atoms with Crippen molar-refractivity contribution in [1.29, 1.82) is 0 Å². The first-order valence-corrected chi connectivity index (χ1v) is 5.75. The Labute approximate surface area is 109 Å². The maximum Gasteiger partial charge on any atom is 0.145 e. The van der Waals surface area contributed by atoms with E-state index in [9.17, 15) is 4.39 Å². The fourth-order valence-electron chi connectivity index (χ4n) is 1.89. The minimum absolute atomic E-state index is 0.366. The van der Waals surface area contributed by atoms with Gasteiger partial charge in [-0.1, -0.05) is 12.1 Å². The molecule has 4 nitrogen and oxygen atoms in total. The number of imidazole rings is 1. The highest BCUT2D eigenvalue weighted by Gasteiger charge is 2.08. The van der Waals surface area contributed by atoms with Crippen LogP contribution in [0.1, 0.15) is 0 Å². The van der Waals surface area contributed by atoms with Crippen LogP contribution in [0.25, 0.3) is 17.2 Å². The first-order valence-electron chi connectivity index (χ1n) is 5.75. The minimum Gasteiger partial charge on any atom is -0.399 e. The molecule has 0 unspecified atom stereocenters. The van der Waals surface area contributed by atoms with Crippen molar-refractivity contribution in [2.45, 2.75) is 0 Å². The molecule has 0 aliphatic rings. The number of hydrogen-bond donors (Lipinski definition) is 1. The summed E-state index contributed by atoms with van der Waals surface area (Å²) in [6, 6.07) is 10.4. The Hall–Kier alpha value is -2.69. The lowest BCUT2D eigenvalue weighted by molar-refractivity contribution is 0.620. The normalized spacial score (nSPS) is 10.6. The topological polar surface area (TPSA) is 56.7 Å². The van der Waals surface area contributed by atoms with E-state index in [2.05, 4.69) is 9.97 Å². The average molecular weight is 254 g/mol. The Balaban J connectivity index is 2.10. The summed E-state index contributed by atoms with van der Waals surface area (Å²) in [5.41, 5.74) is 7.32. The number of halogens is 1. The zero-order valence-electron chi connectivity index (χ0n) is 9.99. The summed E-state index contributed by atoms with van der Waals surface area (Å²) in [4.78, 5) is 8.35. The molecule has 0 fully saturated rings. The van der Waals surface area contributed by atoms with Crippen LogP contribution in [-0.2, 0) is 0 Å². The lowest BCUT2D eigenvalue weighted by Gasteiger charge is -2.07. The first-order chi connectivity index (χ1) is 9.24. The fourth-order valence-corrected chi connectivity index (χ4v) is 1.89. The van der Waals surface area contributed by atoms with E-state index >= 15 is 0 Å². The molecule has 19 heavy (non-hydrogen) atoms. The minimum atomic E-state index is -0.366. The summed E-state index contributed by atoms with van der Waals surface area (Å²) in [5.74, 6) is 0.956. The van der Waals surface area contributed by atoms with Crippen LogP contribution in [-0.4, -0.2) is 14.5 Å². The highest BCUT2D eigenvalue weighted by atomic mass is 19.1. The molecular formula is C14H11FN4. The zero-order chi connectivity index (χ0) is 13.2. The van der Waals surface area contributed by atoms with Gasteiger partial charge in [-0.15, -0.1) is 0 Å². The molecule has 94 valence electrons. The lowest BCUT2D eigenvalue weighted by Crippen LogP contribution is -1.99. The molecule has 2 N–H and O–H groups in total. The maximum atomic E-state index is 12.9. The molecule has 3 aromatic rings. The Morgan fingerprint density at radius 1 is 1.11 bits per heavy atom. The quantitative estimate of drug-likeness (QED) is 0.715. The number of rotatable bonds is 2. The van der Waals surface area contributed by atoms with Crippen molar-refractivity contribution in [3.63, 3.8) is 0 Å². The van der Waals surface area contributed by atoms with Crippen LogP contribution in [0, 0.1) is 5.82 Å². The van der Waals surface area contributed by atoms with Gasteiger partial charge in [-0.05, 0) is 24.3 Å². The summed E-state index contributed by atoms with van der Waals surface area (Å²) >= 11 is 0. The molecule has 0 aliphatic carbocycles. The van der Waals surface area contributed by atoms with E-state index in [4.69, 9.17) is 5.73 Å². The third kappa shape index (κ3) is 2.18. The lowest BCUT2D eigenvalue weighted by atomic mass is 10.2. The second-order valence-electron chi connectivity index (χ2n) is 4.08. The van der Waals surface area contributed by atoms with Gasteiger partial charge in [0.1, 0.15) is 17.5 Å². The number of nitrogens with zero attached hydrogens (tertiary/aromatic N) is 3. The van der Waals surface area contributed by atoms with E-state index in [0.29, 0.717) is 17.3 Å². The van der Waals surface area contributed by atoms with Gasteiger partial charge in [0.2, 0.25) is 0 Å². The second kappa shape index (κ2) is 4.53. The van der Waals surface area contributed by atoms with Gasteiger partial charge in [0.05, 0.1) is 6.20 Å². The van der Waals surface area contributed by atoms with Gasteiger partial charge in [-0.2, -0.15) is 0 Å². The standard InChI is InChI=1S/C14H11FN4/c15-11-4-5-13(18-9-11)19-7-6-17-14(19)10-2-1-3-12(16)8-10/h1-9H,16H2. The van der Waals surface area contributed by atoms with E-state index in [0.717, 1.165) is 5.56 Å². The molecule has 0 atom stereocenters. The van der Waals surface area contributed by atoms with E-state index in [-0.39, 0.29) is 5.82 Å². The van der Waals surface area contributed by atoms with Crippen molar-refractivity contribution in [3.8, 4) is 17.2 Å². The van der Waals surface area contributed by atoms with Crippen LogP contribution in [0.4, 0.5) is 10.1 Å². The third-order valence-corrected chi connectivity index (χ3v) is 2.74. The molecule has 3 rings (SSSR count). The molecule has 5 heteroatoms. The molecule has 2 heterocycles. The van der Waals surface area contributed by atoms with Crippen LogP contribution in [0.3, 0.4) is 0 Å². The fraction of sp³-hybridized carbons (Fsp3) is 0. The summed E-state index contributed by atoms with van der Waals surface area (Å²) in [6.07, 6.45) is 4.63. The highest BCUT2D eigenvalue weighted by molar-refractivity contribution is 5.62. The van der Waals surface area contributed by atoms with E-state index in [1.165, 1.54) is 12.3 Å². The largest absolute Gasteiger partial charge is 0.399 e. The molecule has 2 aromatic heterocycles. The number of benzene rings is 1. The summed E-state index contributed by atoms with van der Waals surface area (Å²) in [5, 5.41) is 0. The van der Waals surface area contributed by atoms with Gasteiger partial charge in [0.25, 0.3) is 0 Å². The summed E-state index contributed by atoms with van der Waals surface area (Å²) in [7, 11) is 0. The zero-order valence-corrected chi connectivity index (χ0v) is 9.99. The number of nitrogen functional groups attached to an aromatic ring is 1. The van der Waals surface area contributed by atoms with Gasteiger partial charge < -0.3 is 5.73 Å². The number of nitrogens with two attached hydrogens (primary N) is 1. The predicted octanol–water partition coefficient (Wildman–Crippen LogP) is 2.66. The van der Waals surface area contributed by atoms with Crippen LogP contribution >= 0.6 is 0 Å². The van der Waals surface area contributed by atoms with Crippen molar-refractivity contribution >= 4 is 5.69 Å². The SMILES string of the molecule is Nc1cccc(-c2nccn2-c2ccc(F)cn2)c1. The van der Waals surface area contributed by atoms with Crippen LogP contribution in [0.5, 0.6) is 0 Å². The van der Waals surface area contributed by atoms with E-state index in [1.807, 2.05) is 24.3 Å². The van der Waals surface area contributed by atoms with Crippen molar-refractivity contribution in [2.24, 2.45) is 0 Å². The van der Waals surface area contributed by atoms with Crippen LogP contribution in [0.15, 0.2) is 55.0 Å². The van der Waals surface area contributed by atoms with E-state index < -0.39 is 0 Å². The van der Waals surface area contributed by atoms with Crippen LogP contribution < -0.4 is 5.73 Å². The number of pyridine rings is 1. The van der Waals surface area contributed by atoms with Gasteiger partial charge in [-0.3, -0.25) is 4.57 Å². The molecule has 0 saturated carbocycles. The summed E-state index contributed by atoms with van der Waals surface area (Å²) in [6.45, 7) is 0. The molecule has 0 aliphatic heterocycles. The van der Waals surface area contributed by atoms with Crippen LogP contribution in [0.2, 0.25) is 0 Å². The smallest absolute Gasteiger partial charge is 0.145 e. The van der Waals surface area contributed by atoms with Crippen molar-refractivity contribution in [3.05, 3.63) is 60.8 Å². The Bertz CT molecular complexity index is 703. The Morgan fingerprint density at radius 2 is 2.00 bits per heavy atom.